The summed E-state index contributed by atoms with van der Waals surface area (Å²) in [6.07, 6.45) is 1.49. The Morgan fingerprint density at radius 1 is 1.14 bits per heavy atom. The third-order valence-corrected chi connectivity index (χ3v) is 2.99. The fourth-order valence-corrected chi connectivity index (χ4v) is 1.94. The number of benzene rings is 2. The quantitative estimate of drug-likeness (QED) is 0.731. The van der Waals surface area contributed by atoms with E-state index in [2.05, 4.69) is 10.1 Å². The number of aromatic nitrogens is 3. The summed E-state index contributed by atoms with van der Waals surface area (Å²) in [6.45, 7) is 0. The molecule has 1 aromatic heterocycles. The summed E-state index contributed by atoms with van der Waals surface area (Å²) in [6, 6.07) is 13.0. The molecule has 2 aromatic carbocycles. The maximum absolute atomic E-state index is 13.1. The van der Waals surface area contributed by atoms with Crippen LogP contribution in [-0.2, 0) is 0 Å². The first-order valence-corrected chi connectivity index (χ1v) is 6.15. The average Bonchev–Trinajstić information content (AvgIpc) is 2.97. The van der Waals surface area contributed by atoms with Crippen LogP contribution in [0.2, 0.25) is 0 Å². The molecule has 0 amide bonds. The Hall–Kier alpha value is -3.20. The molecule has 21 heavy (non-hydrogen) atoms. The number of anilines is 1. The van der Waals surface area contributed by atoms with Gasteiger partial charge in [-0.25, -0.2) is 14.1 Å². The molecule has 0 fully saturated rings. The van der Waals surface area contributed by atoms with Crippen LogP contribution in [0.1, 0.15) is 5.56 Å². The summed E-state index contributed by atoms with van der Waals surface area (Å²) in [5.74, 6) is 0.0392. The molecule has 0 atom stereocenters. The Balaban J connectivity index is 2.03. The molecule has 102 valence electrons. The Bertz CT molecular complexity index is 830. The van der Waals surface area contributed by atoms with E-state index in [0.717, 1.165) is 5.56 Å². The largest absolute Gasteiger partial charge is 0.399 e. The van der Waals surface area contributed by atoms with Crippen molar-refractivity contribution in [3.05, 3.63) is 60.2 Å². The summed E-state index contributed by atoms with van der Waals surface area (Å²) in [5.41, 5.74) is 7.78. The van der Waals surface area contributed by atoms with Crippen LogP contribution < -0.4 is 5.73 Å². The minimum atomic E-state index is -0.464. The molecule has 2 N–H and O–H groups in total. The van der Waals surface area contributed by atoms with E-state index >= 15 is 0 Å². The number of nitrogen functional groups attached to an aromatic ring is 1. The molecule has 3 rings (SSSR count). The van der Waals surface area contributed by atoms with E-state index in [4.69, 9.17) is 11.0 Å². The molecule has 0 bridgehead atoms. The summed E-state index contributed by atoms with van der Waals surface area (Å²) < 4.78 is 14.6. The zero-order valence-corrected chi connectivity index (χ0v) is 10.9. The van der Waals surface area contributed by atoms with E-state index in [9.17, 15) is 4.39 Å². The lowest BCUT2D eigenvalue weighted by Crippen LogP contribution is -1.99. The second-order valence-electron chi connectivity index (χ2n) is 4.41. The Labute approximate surface area is 120 Å². The highest BCUT2D eigenvalue weighted by molar-refractivity contribution is 5.58. The van der Waals surface area contributed by atoms with Gasteiger partial charge in [-0.1, -0.05) is 0 Å². The molecule has 0 aliphatic rings. The van der Waals surface area contributed by atoms with Crippen LogP contribution in [0.4, 0.5) is 10.1 Å². The predicted molar refractivity (Wildman–Crippen MR) is 75.9 cm³/mol. The Morgan fingerprint density at radius 3 is 2.62 bits per heavy atom. The normalized spacial score (nSPS) is 10.3. The zero-order chi connectivity index (χ0) is 14.8. The van der Waals surface area contributed by atoms with E-state index in [1.54, 1.807) is 12.1 Å². The lowest BCUT2D eigenvalue weighted by Gasteiger charge is -2.02. The van der Waals surface area contributed by atoms with Crippen LogP contribution >= 0.6 is 0 Å². The lowest BCUT2D eigenvalue weighted by atomic mass is 10.2. The highest BCUT2D eigenvalue weighted by Crippen LogP contribution is 2.19. The van der Waals surface area contributed by atoms with Crippen LogP contribution in [0, 0.1) is 17.1 Å². The van der Waals surface area contributed by atoms with Crippen molar-refractivity contribution >= 4 is 5.69 Å². The first kappa shape index (κ1) is 12.8. The van der Waals surface area contributed by atoms with E-state index in [0.29, 0.717) is 17.2 Å². The molecule has 5 nitrogen and oxygen atoms in total. The van der Waals surface area contributed by atoms with Gasteiger partial charge < -0.3 is 5.73 Å². The Kier molecular flexibility index (Phi) is 3.09. The van der Waals surface area contributed by atoms with Gasteiger partial charge in [0.1, 0.15) is 18.2 Å². The molecule has 1 heterocycles. The molecule has 0 spiro atoms. The number of nitrogens with two attached hydrogens (primary N) is 1. The summed E-state index contributed by atoms with van der Waals surface area (Å²) in [4.78, 5) is 4.20. The average molecular weight is 279 g/mol. The van der Waals surface area contributed by atoms with Crippen molar-refractivity contribution in [3.8, 4) is 23.1 Å². The summed E-state index contributed by atoms with van der Waals surface area (Å²) in [5, 5.41) is 13.4. The first-order chi connectivity index (χ1) is 10.2. The maximum atomic E-state index is 13.1. The number of nitrogens with zero attached hydrogens (tertiary/aromatic N) is 4. The van der Waals surface area contributed by atoms with Gasteiger partial charge in [-0.15, -0.1) is 5.10 Å². The van der Waals surface area contributed by atoms with Gasteiger partial charge in [0.2, 0.25) is 0 Å². The third-order valence-electron chi connectivity index (χ3n) is 2.99. The highest BCUT2D eigenvalue weighted by Gasteiger charge is 2.09. The van der Waals surface area contributed by atoms with Crippen molar-refractivity contribution in [1.82, 2.24) is 14.8 Å². The second-order valence-corrected chi connectivity index (χ2v) is 4.41. The van der Waals surface area contributed by atoms with Gasteiger partial charge in [-0.3, -0.25) is 0 Å². The Morgan fingerprint density at radius 2 is 1.90 bits per heavy atom. The van der Waals surface area contributed by atoms with E-state index in [1.807, 2.05) is 18.2 Å². The summed E-state index contributed by atoms with van der Waals surface area (Å²) >= 11 is 0. The number of rotatable bonds is 2. The van der Waals surface area contributed by atoms with Crippen molar-refractivity contribution < 1.29 is 4.39 Å². The molecule has 0 radical (unpaired) electrons. The van der Waals surface area contributed by atoms with Gasteiger partial charge in [-0.2, -0.15) is 5.26 Å². The van der Waals surface area contributed by atoms with E-state index in [1.165, 1.54) is 29.2 Å². The fraction of sp³-hybridized carbons (Fsp3) is 0. The summed E-state index contributed by atoms with van der Waals surface area (Å²) in [7, 11) is 0. The van der Waals surface area contributed by atoms with Gasteiger partial charge in [0.05, 0.1) is 11.3 Å². The van der Waals surface area contributed by atoms with Crippen molar-refractivity contribution in [3.63, 3.8) is 0 Å². The number of hydrogen-bond acceptors (Lipinski definition) is 4. The van der Waals surface area contributed by atoms with Gasteiger partial charge in [0.15, 0.2) is 5.82 Å². The molecule has 0 aliphatic heterocycles. The molecule has 0 unspecified atom stereocenters. The number of hydrogen-bond donors (Lipinski definition) is 1. The van der Waals surface area contributed by atoms with Crippen LogP contribution in [0.25, 0.3) is 17.1 Å². The highest BCUT2D eigenvalue weighted by atomic mass is 19.1. The van der Waals surface area contributed by atoms with Crippen LogP contribution in [0.15, 0.2) is 48.8 Å². The standard InChI is InChI=1S/C15H10FN5/c16-12-3-6-14(11(7-12)8-17)21-9-19-15(20-21)10-1-4-13(18)5-2-10/h1-7,9H,18H2. The van der Waals surface area contributed by atoms with Crippen molar-refractivity contribution in [1.29, 1.82) is 5.26 Å². The smallest absolute Gasteiger partial charge is 0.181 e. The predicted octanol–water partition coefficient (Wildman–Crippen LogP) is 2.53. The van der Waals surface area contributed by atoms with Crippen LogP contribution in [-0.4, -0.2) is 14.8 Å². The molecule has 3 aromatic rings. The van der Waals surface area contributed by atoms with Gasteiger partial charge in [0.25, 0.3) is 0 Å². The van der Waals surface area contributed by atoms with Crippen LogP contribution in [0.3, 0.4) is 0 Å². The number of halogens is 1. The van der Waals surface area contributed by atoms with Gasteiger partial charge in [0, 0.05) is 11.3 Å². The third kappa shape index (κ3) is 2.44. The minimum absolute atomic E-state index is 0.198. The zero-order valence-electron chi connectivity index (χ0n) is 10.9. The van der Waals surface area contributed by atoms with Gasteiger partial charge in [-0.05, 0) is 42.5 Å². The SMILES string of the molecule is N#Cc1cc(F)ccc1-n1cnc(-c2ccc(N)cc2)n1. The van der Waals surface area contributed by atoms with E-state index in [-0.39, 0.29) is 5.56 Å². The molecule has 0 aliphatic carbocycles. The topological polar surface area (TPSA) is 80.5 Å². The van der Waals surface area contributed by atoms with Gasteiger partial charge >= 0.3 is 0 Å². The first-order valence-electron chi connectivity index (χ1n) is 6.15. The maximum Gasteiger partial charge on any atom is 0.181 e. The molecule has 6 heteroatoms. The number of nitriles is 1. The monoisotopic (exact) mass is 279 g/mol. The molecular weight excluding hydrogens is 269 g/mol. The minimum Gasteiger partial charge on any atom is -0.399 e. The molecule has 0 saturated carbocycles. The van der Waals surface area contributed by atoms with Crippen molar-refractivity contribution in [2.75, 3.05) is 5.73 Å². The van der Waals surface area contributed by atoms with Crippen molar-refractivity contribution in [2.24, 2.45) is 0 Å². The second kappa shape index (κ2) is 5.06. The lowest BCUT2D eigenvalue weighted by molar-refractivity contribution is 0.626. The van der Waals surface area contributed by atoms with E-state index < -0.39 is 5.82 Å². The molecular formula is C15H10FN5. The molecule has 0 saturated heterocycles. The van der Waals surface area contributed by atoms with Crippen LogP contribution in [0.5, 0.6) is 0 Å². The van der Waals surface area contributed by atoms with Crippen molar-refractivity contribution in [2.45, 2.75) is 0 Å². The fourth-order valence-electron chi connectivity index (χ4n) is 1.94.